The van der Waals surface area contributed by atoms with Gasteiger partial charge in [0.05, 0.1) is 0 Å². The van der Waals surface area contributed by atoms with E-state index >= 15 is 0 Å². The molecule has 2 fully saturated rings. The van der Waals surface area contributed by atoms with Crippen LogP contribution in [0.15, 0.2) is 0 Å². The molecule has 0 atom stereocenters. The number of carboxylic acid groups (broad SMARTS) is 1. The summed E-state index contributed by atoms with van der Waals surface area (Å²) in [6.45, 7) is 1.40. The van der Waals surface area contributed by atoms with E-state index in [0.717, 1.165) is 25.7 Å². The third-order valence-electron chi connectivity index (χ3n) is 4.69. The smallest absolute Gasteiger partial charge is 0.329 e. The van der Waals surface area contributed by atoms with E-state index in [1.807, 2.05) is 0 Å². The van der Waals surface area contributed by atoms with Crippen LogP contribution in [-0.4, -0.2) is 65.7 Å². The minimum atomic E-state index is -1.03. The molecule has 0 bridgehead atoms. The number of carbonyl (C=O) groups excluding carboxylic acids is 1. The Morgan fingerprint density at radius 3 is 2.20 bits per heavy atom. The molecule has 1 saturated carbocycles. The molecule has 114 valence electrons. The fourth-order valence-electron chi connectivity index (χ4n) is 3.24. The lowest BCUT2D eigenvalue weighted by Gasteiger charge is -2.37. The van der Waals surface area contributed by atoms with E-state index in [1.54, 1.807) is 4.90 Å². The Kier molecular flexibility index (Phi) is 4.52. The molecule has 1 saturated heterocycles. The van der Waals surface area contributed by atoms with E-state index in [2.05, 4.69) is 24.3 Å². The molecule has 2 aliphatic rings. The minimum Gasteiger partial charge on any atom is -0.480 e. The lowest BCUT2D eigenvalue weighted by molar-refractivity contribution is -0.144. The number of carbonyl (C=O) groups is 2. The Balaban J connectivity index is 1.91. The Morgan fingerprint density at radius 2 is 1.75 bits per heavy atom. The van der Waals surface area contributed by atoms with Crippen LogP contribution in [-0.2, 0) is 4.79 Å². The van der Waals surface area contributed by atoms with Crippen molar-refractivity contribution >= 4 is 12.0 Å². The number of hydrogen-bond donors (Lipinski definition) is 2. The summed E-state index contributed by atoms with van der Waals surface area (Å²) in [6, 6.07) is 0.297. The lowest BCUT2D eigenvalue weighted by Crippen LogP contribution is -2.58. The first kappa shape index (κ1) is 15.1. The SMILES string of the molecule is CN(C)C1CCN(C(=O)NC2(C(=O)O)CCCC2)CC1. The average Bonchev–Trinajstić information content (AvgIpc) is 2.88. The molecule has 2 amide bonds. The van der Waals surface area contributed by atoms with Gasteiger partial charge in [-0.3, -0.25) is 0 Å². The van der Waals surface area contributed by atoms with Gasteiger partial charge in [-0.05, 0) is 39.8 Å². The molecule has 0 unspecified atom stereocenters. The van der Waals surface area contributed by atoms with E-state index in [1.165, 1.54) is 0 Å². The summed E-state index contributed by atoms with van der Waals surface area (Å²) in [6.07, 6.45) is 4.72. The molecule has 0 aromatic rings. The highest BCUT2D eigenvalue weighted by Gasteiger charge is 2.43. The molecule has 0 spiro atoms. The Morgan fingerprint density at radius 1 is 1.20 bits per heavy atom. The largest absolute Gasteiger partial charge is 0.480 e. The third kappa shape index (κ3) is 3.06. The second-order valence-electron chi connectivity index (χ2n) is 6.21. The summed E-state index contributed by atoms with van der Waals surface area (Å²) in [7, 11) is 4.11. The van der Waals surface area contributed by atoms with E-state index in [0.29, 0.717) is 32.0 Å². The second-order valence-corrected chi connectivity index (χ2v) is 6.21. The van der Waals surface area contributed by atoms with Crippen molar-refractivity contribution in [2.24, 2.45) is 0 Å². The van der Waals surface area contributed by atoms with Crippen LogP contribution in [0.25, 0.3) is 0 Å². The third-order valence-corrected chi connectivity index (χ3v) is 4.69. The molecule has 6 nitrogen and oxygen atoms in total. The number of hydrogen-bond acceptors (Lipinski definition) is 3. The molecule has 0 aromatic carbocycles. The number of amides is 2. The zero-order valence-electron chi connectivity index (χ0n) is 12.4. The minimum absolute atomic E-state index is 0.216. The lowest BCUT2D eigenvalue weighted by atomic mass is 9.98. The number of urea groups is 1. The van der Waals surface area contributed by atoms with Crippen LogP contribution in [0.4, 0.5) is 4.79 Å². The standard InChI is InChI=1S/C14H25N3O3/c1-16(2)11-5-9-17(10-6-11)13(20)15-14(12(18)19)7-3-4-8-14/h11H,3-10H2,1-2H3,(H,15,20)(H,18,19). The van der Waals surface area contributed by atoms with Crippen molar-refractivity contribution in [3.05, 3.63) is 0 Å². The number of nitrogens with zero attached hydrogens (tertiary/aromatic N) is 2. The summed E-state index contributed by atoms with van der Waals surface area (Å²) >= 11 is 0. The van der Waals surface area contributed by atoms with Crippen molar-refractivity contribution in [2.45, 2.75) is 50.1 Å². The number of likely N-dealkylation sites (tertiary alicyclic amines) is 1. The fraction of sp³-hybridized carbons (Fsp3) is 0.857. The molecular formula is C14H25N3O3. The molecule has 20 heavy (non-hydrogen) atoms. The first-order valence-electron chi connectivity index (χ1n) is 7.41. The van der Waals surface area contributed by atoms with Crippen molar-refractivity contribution in [2.75, 3.05) is 27.2 Å². The van der Waals surface area contributed by atoms with Crippen LogP contribution in [0, 0.1) is 0 Å². The first-order valence-corrected chi connectivity index (χ1v) is 7.41. The van der Waals surface area contributed by atoms with Crippen LogP contribution < -0.4 is 5.32 Å². The molecule has 2 rings (SSSR count). The summed E-state index contributed by atoms with van der Waals surface area (Å²) < 4.78 is 0. The van der Waals surface area contributed by atoms with Crippen molar-refractivity contribution in [1.82, 2.24) is 15.1 Å². The van der Waals surface area contributed by atoms with Gasteiger partial charge in [-0.2, -0.15) is 0 Å². The number of rotatable bonds is 3. The maximum Gasteiger partial charge on any atom is 0.329 e. The van der Waals surface area contributed by atoms with Gasteiger partial charge in [0, 0.05) is 19.1 Å². The van der Waals surface area contributed by atoms with Crippen LogP contribution >= 0.6 is 0 Å². The van der Waals surface area contributed by atoms with Gasteiger partial charge in [0.25, 0.3) is 0 Å². The van der Waals surface area contributed by atoms with E-state index in [4.69, 9.17) is 0 Å². The number of piperidine rings is 1. The molecule has 6 heteroatoms. The van der Waals surface area contributed by atoms with Crippen molar-refractivity contribution in [1.29, 1.82) is 0 Å². The van der Waals surface area contributed by atoms with E-state index < -0.39 is 11.5 Å². The van der Waals surface area contributed by atoms with E-state index in [9.17, 15) is 14.7 Å². The van der Waals surface area contributed by atoms with Gasteiger partial charge in [-0.15, -0.1) is 0 Å². The van der Waals surface area contributed by atoms with Crippen LogP contribution in [0.3, 0.4) is 0 Å². The van der Waals surface area contributed by atoms with Crippen molar-refractivity contribution in [3.8, 4) is 0 Å². The Hall–Kier alpha value is -1.30. The normalized spacial score (nSPS) is 23.1. The molecule has 1 aliphatic carbocycles. The predicted molar refractivity (Wildman–Crippen MR) is 75.6 cm³/mol. The summed E-state index contributed by atoms with van der Waals surface area (Å²) in [5, 5.41) is 12.2. The molecule has 0 aromatic heterocycles. The quantitative estimate of drug-likeness (QED) is 0.814. The van der Waals surface area contributed by atoms with Crippen molar-refractivity contribution < 1.29 is 14.7 Å². The zero-order valence-corrected chi connectivity index (χ0v) is 12.4. The molecular weight excluding hydrogens is 258 g/mol. The van der Waals surface area contributed by atoms with Gasteiger partial charge in [-0.25, -0.2) is 9.59 Å². The van der Waals surface area contributed by atoms with Crippen molar-refractivity contribution in [3.63, 3.8) is 0 Å². The van der Waals surface area contributed by atoms with Crippen LogP contribution in [0.1, 0.15) is 38.5 Å². The Labute approximate surface area is 120 Å². The molecule has 0 radical (unpaired) electrons. The first-order chi connectivity index (χ1) is 9.44. The molecule has 2 N–H and O–H groups in total. The van der Waals surface area contributed by atoms with Crippen LogP contribution in [0.2, 0.25) is 0 Å². The highest BCUT2D eigenvalue weighted by atomic mass is 16.4. The van der Waals surface area contributed by atoms with Gasteiger partial charge in [0.2, 0.25) is 0 Å². The predicted octanol–water partition coefficient (Wildman–Crippen LogP) is 1.12. The van der Waals surface area contributed by atoms with Gasteiger partial charge < -0.3 is 20.2 Å². The number of carboxylic acids is 1. The molecule has 1 aliphatic heterocycles. The second kappa shape index (κ2) is 5.99. The topological polar surface area (TPSA) is 72.9 Å². The highest BCUT2D eigenvalue weighted by molar-refractivity contribution is 5.86. The Bertz CT molecular complexity index is 370. The number of nitrogens with one attached hydrogen (secondary N) is 1. The maximum atomic E-state index is 12.3. The highest BCUT2D eigenvalue weighted by Crippen LogP contribution is 2.30. The van der Waals surface area contributed by atoms with Gasteiger partial charge in [-0.1, -0.05) is 12.8 Å². The molecule has 1 heterocycles. The monoisotopic (exact) mass is 283 g/mol. The van der Waals surface area contributed by atoms with Gasteiger partial charge >= 0.3 is 12.0 Å². The average molecular weight is 283 g/mol. The maximum absolute atomic E-state index is 12.3. The zero-order chi connectivity index (χ0) is 14.8. The van der Waals surface area contributed by atoms with Gasteiger partial charge in [0.1, 0.15) is 5.54 Å². The number of aliphatic carboxylic acids is 1. The summed E-state index contributed by atoms with van der Waals surface area (Å²) in [5.74, 6) is -0.897. The summed E-state index contributed by atoms with van der Waals surface area (Å²) in [4.78, 5) is 27.7. The summed E-state index contributed by atoms with van der Waals surface area (Å²) in [5.41, 5.74) is -1.03. The van der Waals surface area contributed by atoms with E-state index in [-0.39, 0.29) is 6.03 Å². The fourth-order valence-corrected chi connectivity index (χ4v) is 3.24. The van der Waals surface area contributed by atoms with Crippen LogP contribution in [0.5, 0.6) is 0 Å². The van der Waals surface area contributed by atoms with Gasteiger partial charge in [0.15, 0.2) is 0 Å².